The van der Waals surface area contributed by atoms with E-state index < -0.39 is 11.7 Å². The molecule has 2 aromatic carbocycles. The summed E-state index contributed by atoms with van der Waals surface area (Å²) in [4.78, 5) is 3.96. The minimum Gasteiger partial charge on any atom is -0.494 e. The monoisotopic (exact) mass is 467 g/mol. The molecule has 0 aliphatic carbocycles. The molecular weight excluding hydrogens is 447 g/mol. The molecule has 34 heavy (non-hydrogen) atoms. The van der Waals surface area contributed by atoms with Gasteiger partial charge in [-0.3, -0.25) is 0 Å². The molecule has 0 spiro atoms. The molecule has 0 bridgehead atoms. The van der Waals surface area contributed by atoms with Crippen molar-refractivity contribution in [2.45, 2.75) is 6.18 Å². The van der Waals surface area contributed by atoms with Crippen LogP contribution in [0.5, 0.6) is 11.8 Å². The Balaban J connectivity index is 1.60. The standard InChI is InChI=1S/C24H20F3N5O2/c1-31-11-13-5-3-7-16(20(13)22(31)33)29-18-9-19(28-10-15(18)24(25,26)27)30-17-8-4-6-14-12-32(2)23(34)21(14)17/h3-12,33-34H,1-2H3,(H2,28,29,30). The van der Waals surface area contributed by atoms with Crippen LogP contribution in [0.1, 0.15) is 5.56 Å². The van der Waals surface area contributed by atoms with Crippen LogP contribution in [0.4, 0.5) is 36.1 Å². The van der Waals surface area contributed by atoms with Gasteiger partial charge in [-0.05, 0) is 12.1 Å². The average molecular weight is 467 g/mol. The van der Waals surface area contributed by atoms with Crippen LogP contribution in [0.25, 0.3) is 21.5 Å². The number of aromatic hydroxyl groups is 2. The number of anilines is 4. The number of alkyl halides is 3. The van der Waals surface area contributed by atoms with Gasteiger partial charge in [-0.15, -0.1) is 0 Å². The van der Waals surface area contributed by atoms with Gasteiger partial charge in [-0.25, -0.2) is 4.98 Å². The minimum atomic E-state index is -4.65. The fraction of sp³-hybridized carbons (Fsp3) is 0.125. The van der Waals surface area contributed by atoms with Gasteiger partial charge in [0.2, 0.25) is 11.8 Å². The van der Waals surface area contributed by atoms with E-state index in [1.54, 1.807) is 61.4 Å². The zero-order chi connectivity index (χ0) is 24.2. The van der Waals surface area contributed by atoms with Crippen molar-refractivity contribution in [3.63, 3.8) is 0 Å². The van der Waals surface area contributed by atoms with E-state index in [-0.39, 0.29) is 23.3 Å². The molecule has 5 aromatic rings. The van der Waals surface area contributed by atoms with Gasteiger partial charge in [0.05, 0.1) is 33.4 Å². The van der Waals surface area contributed by atoms with Gasteiger partial charge in [-0.1, -0.05) is 24.3 Å². The quantitative estimate of drug-likeness (QED) is 0.261. The number of rotatable bonds is 4. The molecule has 0 atom stereocenters. The molecule has 0 radical (unpaired) electrons. The summed E-state index contributed by atoms with van der Waals surface area (Å²) < 4.78 is 44.4. The van der Waals surface area contributed by atoms with E-state index in [9.17, 15) is 23.4 Å². The number of fused-ring (bicyclic) bond motifs is 2. The van der Waals surface area contributed by atoms with Crippen LogP contribution in [-0.2, 0) is 20.3 Å². The van der Waals surface area contributed by atoms with Crippen LogP contribution in [0, 0.1) is 0 Å². The Morgan fingerprint density at radius 3 is 1.85 bits per heavy atom. The molecule has 174 valence electrons. The first-order valence-electron chi connectivity index (χ1n) is 10.3. The molecule has 0 aliphatic heterocycles. The molecule has 0 fully saturated rings. The Morgan fingerprint density at radius 1 is 0.794 bits per heavy atom. The molecule has 3 aromatic heterocycles. The second-order valence-corrected chi connectivity index (χ2v) is 8.03. The number of pyridine rings is 1. The summed E-state index contributed by atoms with van der Waals surface area (Å²) in [7, 11) is 3.34. The highest BCUT2D eigenvalue weighted by atomic mass is 19.4. The van der Waals surface area contributed by atoms with Gasteiger partial charge in [0, 0.05) is 49.5 Å². The Bertz CT molecular complexity index is 1550. The van der Waals surface area contributed by atoms with E-state index in [2.05, 4.69) is 15.6 Å². The molecule has 10 heteroatoms. The number of halogens is 3. The SMILES string of the molecule is Cn1cc2cccc(Nc3cc(Nc4cccc5cn(C)c(O)c45)c(C(F)(F)F)cn3)c2c1O. The van der Waals surface area contributed by atoms with Gasteiger partial charge in [0.25, 0.3) is 0 Å². The summed E-state index contributed by atoms with van der Waals surface area (Å²) in [5.41, 5.74) is -0.367. The van der Waals surface area contributed by atoms with E-state index in [4.69, 9.17) is 0 Å². The lowest BCUT2D eigenvalue weighted by molar-refractivity contribution is -0.137. The second-order valence-electron chi connectivity index (χ2n) is 8.03. The zero-order valence-corrected chi connectivity index (χ0v) is 18.1. The number of nitrogens with zero attached hydrogens (tertiary/aromatic N) is 3. The fourth-order valence-electron chi connectivity index (χ4n) is 4.09. The second kappa shape index (κ2) is 7.62. The van der Waals surface area contributed by atoms with E-state index in [1.807, 2.05) is 6.07 Å². The molecule has 5 rings (SSSR count). The van der Waals surface area contributed by atoms with Crippen molar-refractivity contribution in [2.24, 2.45) is 14.1 Å². The molecular formula is C24H20F3N5O2. The lowest BCUT2D eigenvalue weighted by Crippen LogP contribution is -2.10. The highest BCUT2D eigenvalue weighted by Crippen LogP contribution is 2.41. The van der Waals surface area contributed by atoms with Crippen molar-refractivity contribution in [1.82, 2.24) is 14.1 Å². The summed E-state index contributed by atoms with van der Waals surface area (Å²) in [5, 5.41) is 29.0. The Labute approximate surface area is 191 Å². The number of benzene rings is 2. The third kappa shape index (κ3) is 3.53. The number of nitrogens with one attached hydrogen (secondary N) is 2. The van der Waals surface area contributed by atoms with Crippen molar-refractivity contribution in [1.29, 1.82) is 0 Å². The van der Waals surface area contributed by atoms with Crippen molar-refractivity contribution >= 4 is 44.4 Å². The van der Waals surface area contributed by atoms with Crippen LogP contribution >= 0.6 is 0 Å². The molecule has 7 nitrogen and oxygen atoms in total. The first-order chi connectivity index (χ1) is 16.1. The van der Waals surface area contributed by atoms with Gasteiger partial charge in [0.15, 0.2) is 0 Å². The highest BCUT2D eigenvalue weighted by Gasteiger charge is 2.34. The van der Waals surface area contributed by atoms with Crippen LogP contribution in [-0.4, -0.2) is 24.3 Å². The number of hydrogen-bond donors (Lipinski definition) is 4. The molecule has 0 saturated carbocycles. The first kappa shape index (κ1) is 21.5. The lowest BCUT2D eigenvalue weighted by Gasteiger charge is -2.17. The van der Waals surface area contributed by atoms with Crippen molar-refractivity contribution in [3.05, 3.63) is 66.6 Å². The number of hydrogen-bond acceptors (Lipinski definition) is 5. The predicted octanol–water partition coefficient (Wildman–Crippen LogP) is 5.98. The van der Waals surface area contributed by atoms with Crippen molar-refractivity contribution in [3.8, 4) is 11.8 Å². The maximum Gasteiger partial charge on any atom is 0.419 e. The average Bonchev–Trinajstić information content (AvgIpc) is 3.23. The minimum absolute atomic E-state index is 0.0228. The van der Waals surface area contributed by atoms with Crippen LogP contribution in [0.15, 0.2) is 61.1 Å². The van der Waals surface area contributed by atoms with Crippen LogP contribution < -0.4 is 10.6 Å². The maximum atomic E-state index is 13.8. The topological polar surface area (TPSA) is 87.3 Å². The third-order valence-corrected chi connectivity index (χ3v) is 5.72. The molecule has 0 aliphatic rings. The zero-order valence-electron chi connectivity index (χ0n) is 18.1. The van der Waals surface area contributed by atoms with Gasteiger partial charge < -0.3 is 30.0 Å². The lowest BCUT2D eigenvalue weighted by atomic mass is 10.1. The largest absolute Gasteiger partial charge is 0.494 e. The van der Waals surface area contributed by atoms with Crippen LogP contribution in [0.3, 0.4) is 0 Å². The number of aromatic nitrogens is 3. The van der Waals surface area contributed by atoms with Crippen LogP contribution in [0.2, 0.25) is 0 Å². The molecule has 3 heterocycles. The van der Waals surface area contributed by atoms with Gasteiger partial charge >= 0.3 is 6.18 Å². The third-order valence-electron chi connectivity index (χ3n) is 5.72. The smallest absolute Gasteiger partial charge is 0.419 e. The molecule has 0 saturated heterocycles. The summed E-state index contributed by atoms with van der Waals surface area (Å²) in [6.45, 7) is 0. The molecule has 4 N–H and O–H groups in total. The molecule has 0 amide bonds. The normalized spacial score (nSPS) is 11.9. The Hall–Kier alpha value is -4.34. The predicted molar refractivity (Wildman–Crippen MR) is 125 cm³/mol. The first-order valence-corrected chi connectivity index (χ1v) is 10.3. The summed E-state index contributed by atoms with van der Waals surface area (Å²) in [5.74, 6) is 0.107. The summed E-state index contributed by atoms with van der Waals surface area (Å²) in [6, 6.07) is 11.6. The maximum absolute atomic E-state index is 13.8. The van der Waals surface area contributed by atoms with E-state index in [0.717, 1.165) is 11.6 Å². The summed E-state index contributed by atoms with van der Waals surface area (Å²) in [6.07, 6.45) is -0.470. The van der Waals surface area contributed by atoms with Crippen molar-refractivity contribution in [2.75, 3.05) is 10.6 Å². The molecule has 0 unspecified atom stereocenters. The van der Waals surface area contributed by atoms with E-state index >= 15 is 0 Å². The highest BCUT2D eigenvalue weighted by molar-refractivity contribution is 6.01. The summed E-state index contributed by atoms with van der Waals surface area (Å²) >= 11 is 0. The van der Waals surface area contributed by atoms with Crippen molar-refractivity contribution < 1.29 is 23.4 Å². The Morgan fingerprint density at radius 2 is 1.32 bits per heavy atom. The van der Waals surface area contributed by atoms with E-state index in [1.165, 1.54) is 10.6 Å². The van der Waals surface area contributed by atoms with E-state index in [0.29, 0.717) is 27.5 Å². The fourth-order valence-corrected chi connectivity index (χ4v) is 4.09. The van der Waals surface area contributed by atoms with Gasteiger partial charge in [-0.2, -0.15) is 13.2 Å². The van der Waals surface area contributed by atoms with Gasteiger partial charge in [0.1, 0.15) is 5.82 Å². The Kier molecular flexibility index (Phi) is 4.82. The number of aryl methyl sites for hydroxylation is 2.